The van der Waals surface area contributed by atoms with E-state index in [1.807, 2.05) is 6.07 Å². The minimum Gasteiger partial charge on any atom is -0.253 e. The van der Waals surface area contributed by atoms with Gasteiger partial charge >= 0.3 is 0 Å². The second-order valence-electron chi connectivity index (χ2n) is 8.05. The molecule has 0 aromatic heterocycles. The van der Waals surface area contributed by atoms with Gasteiger partial charge in [0.2, 0.25) is 0 Å². The van der Waals surface area contributed by atoms with Gasteiger partial charge in [0, 0.05) is 21.5 Å². The second-order valence-corrected chi connectivity index (χ2v) is 11.1. The molecule has 0 saturated carbocycles. The fourth-order valence-corrected chi connectivity index (χ4v) is 7.75. The van der Waals surface area contributed by atoms with E-state index in [2.05, 4.69) is 152 Å². The molecule has 34 heavy (non-hydrogen) atoms. The largest absolute Gasteiger partial charge is 0.253 e. The highest BCUT2D eigenvalue weighted by Gasteiger charge is 2.27. The van der Waals surface area contributed by atoms with E-state index < -0.39 is 7.05 Å². The molecule has 0 spiro atoms. The summed E-state index contributed by atoms with van der Waals surface area (Å²) >= 11 is 0. The molecule has 0 radical (unpaired) electrons. The van der Waals surface area contributed by atoms with E-state index >= 15 is 0 Å². The highest BCUT2D eigenvalue weighted by molar-refractivity contribution is 7.87. The minimum atomic E-state index is -2.36. The Morgan fingerprint density at radius 2 is 0.794 bits per heavy atom. The van der Waals surface area contributed by atoms with Crippen LogP contribution in [0.3, 0.4) is 0 Å². The van der Waals surface area contributed by atoms with Gasteiger partial charge in [-0.2, -0.15) is 0 Å². The molecule has 0 fully saturated rings. The van der Waals surface area contributed by atoms with Crippen molar-refractivity contribution < 1.29 is 0 Å². The molecule has 2 heteroatoms. The van der Waals surface area contributed by atoms with E-state index in [1.165, 1.54) is 15.9 Å². The van der Waals surface area contributed by atoms with Gasteiger partial charge in [-0.25, -0.2) is 0 Å². The molecule has 0 unspecified atom stereocenters. The van der Waals surface area contributed by atoms with Crippen molar-refractivity contribution in [2.24, 2.45) is 4.74 Å². The third kappa shape index (κ3) is 4.57. The van der Waals surface area contributed by atoms with E-state index in [4.69, 9.17) is 4.74 Å². The lowest BCUT2D eigenvalue weighted by molar-refractivity contribution is 1.53. The summed E-state index contributed by atoms with van der Waals surface area (Å²) in [6.07, 6.45) is 2.21. The van der Waals surface area contributed by atoms with E-state index in [0.29, 0.717) is 0 Å². The van der Waals surface area contributed by atoms with E-state index in [9.17, 15) is 0 Å². The molecule has 164 valence electrons. The molecular formula is C32H26NP. The van der Waals surface area contributed by atoms with Crippen LogP contribution < -0.4 is 15.9 Å². The van der Waals surface area contributed by atoms with Crippen molar-refractivity contribution in [1.82, 2.24) is 0 Å². The molecule has 0 atom stereocenters. The van der Waals surface area contributed by atoms with Gasteiger partial charge in [0.25, 0.3) is 0 Å². The van der Waals surface area contributed by atoms with Crippen molar-refractivity contribution in [2.75, 3.05) is 0 Å². The summed E-state index contributed by atoms with van der Waals surface area (Å²) in [7, 11) is -2.36. The van der Waals surface area contributed by atoms with Crippen LogP contribution in [-0.2, 0) is 0 Å². The molecule has 0 aliphatic heterocycles. The molecule has 1 nitrogen and oxygen atoms in total. The summed E-state index contributed by atoms with van der Waals surface area (Å²) in [4.78, 5) is 0. The zero-order chi connectivity index (χ0) is 23.1. The molecule has 5 rings (SSSR count). The topological polar surface area (TPSA) is 12.4 Å². The molecule has 0 heterocycles. The summed E-state index contributed by atoms with van der Waals surface area (Å²) in [5.41, 5.74) is 3.23. The van der Waals surface area contributed by atoms with Crippen LogP contribution in [0.15, 0.2) is 156 Å². The predicted molar refractivity (Wildman–Crippen MR) is 148 cm³/mol. The van der Waals surface area contributed by atoms with Gasteiger partial charge in [-0.15, -0.1) is 0 Å². The zero-order valence-corrected chi connectivity index (χ0v) is 19.8. The monoisotopic (exact) mass is 455 g/mol. The fraction of sp³-hybridized carbons (Fsp3) is 0. The Morgan fingerprint density at radius 1 is 0.441 bits per heavy atom. The number of benzene rings is 5. The first-order valence-electron chi connectivity index (χ1n) is 11.5. The highest BCUT2D eigenvalue weighted by Crippen LogP contribution is 2.49. The summed E-state index contributed by atoms with van der Waals surface area (Å²) in [5.74, 6) is 0. The quantitative estimate of drug-likeness (QED) is 0.187. The maximum absolute atomic E-state index is 5.76. The van der Waals surface area contributed by atoms with Crippen LogP contribution in [0.1, 0.15) is 11.1 Å². The van der Waals surface area contributed by atoms with Crippen LogP contribution in [0.25, 0.3) is 11.8 Å². The summed E-state index contributed by atoms with van der Waals surface area (Å²) in [6.45, 7) is 0. The first-order chi connectivity index (χ1) is 16.9. The Morgan fingerprint density at radius 3 is 1.21 bits per heavy atom. The van der Waals surface area contributed by atoms with Crippen molar-refractivity contribution in [1.29, 1.82) is 0 Å². The maximum Gasteiger partial charge on any atom is 0.0703 e. The number of rotatable bonds is 6. The minimum absolute atomic E-state index is 0.983. The smallest absolute Gasteiger partial charge is 0.0703 e. The average molecular weight is 456 g/mol. The van der Waals surface area contributed by atoms with Gasteiger partial charge in [0.05, 0.1) is 12.8 Å². The lowest BCUT2D eigenvalue weighted by Gasteiger charge is -2.27. The molecule has 0 aliphatic rings. The van der Waals surface area contributed by atoms with Crippen molar-refractivity contribution in [3.05, 3.63) is 163 Å². The van der Waals surface area contributed by atoms with Crippen LogP contribution in [0, 0.1) is 0 Å². The SMILES string of the molecule is C(=C(\N=P(c1ccccc1)(c1ccccc1)c1ccccc1)c1ccccc1)/c1ccccc1. The van der Waals surface area contributed by atoms with Gasteiger partial charge in [0.15, 0.2) is 0 Å². The van der Waals surface area contributed by atoms with Crippen LogP contribution in [0.5, 0.6) is 0 Å². The Kier molecular flexibility index (Phi) is 6.66. The first-order valence-corrected chi connectivity index (χ1v) is 13.2. The van der Waals surface area contributed by atoms with E-state index in [1.54, 1.807) is 0 Å². The van der Waals surface area contributed by atoms with Gasteiger partial charge in [-0.3, -0.25) is 4.74 Å². The van der Waals surface area contributed by atoms with Crippen LogP contribution in [0.2, 0.25) is 0 Å². The molecular weight excluding hydrogens is 429 g/mol. The normalized spacial score (nSPS) is 11.7. The molecule has 5 aromatic carbocycles. The molecule has 5 aromatic rings. The Hall–Kier alpha value is -3.93. The molecule has 0 N–H and O–H groups in total. The van der Waals surface area contributed by atoms with Gasteiger partial charge in [0.1, 0.15) is 0 Å². The maximum atomic E-state index is 5.76. The number of nitrogens with zero attached hydrogens (tertiary/aromatic N) is 1. The van der Waals surface area contributed by atoms with Gasteiger partial charge in [-0.1, -0.05) is 152 Å². The highest BCUT2D eigenvalue weighted by atomic mass is 31.2. The van der Waals surface area contributed by atoms with E-state index in [-0.39, 0.29) is 0 Å². The molecule has 0 amide bonds. The third-order valence-electron chi connectivity index (χ3n) is 5.82. The van der Waals surface area contributed by atoms with Crippen molar-refractivity contribution in [2.45, 2.75) is 0 Å². The predicted octanol–water partition coefficient (Wildman–Crippen LogP) is 7.36. The zero-order valence-electron chi connectivity index (χ0n) is 18.9. The Labute approximate surface area is 202 Å². The van der Waals surface area contributed by atoms with Gasteiger partial charge in [-0.05, 0) is 11.6 Å². The van der Waals surface area contributed by atoms with Crippen LogP contribution in [0.4, 0.5) is 0 Å². The molecule has 0 bridgehead atoms. The third-order valence-corrected chi connectivity index (χ3v) is 9.47. The van der Waals surface area contributed by atoms with Crippen LogP contribution >= 0.6 is 7.05 Å². The number of hydrogen-bond acceptors (Lipinski definition) is 1. The van der Waals surface area contributed by atoms with Gasteiger partial charge < -0.3 is 0 Å². The van der Waals surface area contributed by atoms with E-state index in [0.717, 1.165) is 16.8 Å². The molecule has 0 saturated heterocycles. The summed E-state index contributed by atoms with van der Waals surface area (Å²) in [5, 5.41) is 3.71. The fourth-order valence-electron chi connectivity index (χ4n) is 4.20. The average Bonchev–Trinajstić information content (AvgIpc) is 2.93. The standard InChI is InChI=1S/C32H26NP/c1-6-16-27(17-7-1)26-32(28-18-8-2-9-19-28)33-34(29-20-10-3-11-21-29,30-22-12-4-13-23-30)31-24-14-5-15-25-31/h1-26H/b32-26+. The Balaban J connectivity index is 1.90. The summed E-state index contributed by atoms with van der Waals surface area (Å²) < 4.78 is 5.76. The number of hydrogen-bond donors (Lipinski definition) is 0. The second kappa shape index (κ2) is 10.3. The molecule has 0 aliphatic carbocycles. The first kappa shape index (κ1) is 21.9. The van der Waals surface area contributed by atoms with Crippen LogP contribution in [-0.4, -0.2) is 0 Å². The van der Waals surface area contributed by atoms with Crippen molar-refractivity contribution in [3.8, 4) is 0 Å². The lowest BCUT2D eigenvalue weighted by atomic mass is 10.1. The lowest BCUT2D eigenvalue weighted by Crippen LogP contribution is -2.25. The summed E-state index contributed by atoms with van der Waals surface area (Å²) in [6, 6.07) is 53.3. The van der Waals surface area contributed by atoms with Crippen molar-refractivity contribution in [3.63, 3.8) is 0 Å². The Bertz CT molecular complexity index is 1310. The van der Waals surface area contributed by atoms with Crippen molar-refractivity contribution >= 4 is 34.7 Å².